The number of nitrogens with zero attached hydrogens (tertiary/aromatic N) is 2. The van der Waals surface area contributed by atoms with Crippen LogP contribution in [0.5, 0.6) is 5.75 Å². The third-order valence-electron chi connectivity index (χ3n) is 4.11. The van der Waals surface area contributed by atoms with Gasteiger partial charge in [0.2, 0.25) is 5.91 Å². The third-order valence-corrected chi connectivity index (χ3v) is 5.01. The number of aromatic nitrogens is 1. The summed E-state index contributed by atoms with van der Waals surface area (Å²) < 4.78 is 5.44. The largest absolute Gasteiger partial charge is 0.494 e. The maximum Gasteiger partial charge on any atom is 0.274 e. The maximum atomic E-state index is 12.8. The molecular formula is C18H21N3O3S. The van der Waals surface area contributed by atoms with Crippen LogP contribution < -0.4 is 10.1 Å². The van der Waals surface area contributed by atoms with E-state index in [9.17, 15) is 9.59 Å². The molecule has 0 aliphatic carbocycles. The lowest BCUT2D eigenvalue weighted by Gasteiger charge is -2.34. The first-order chi connectivity index (χ1) is 12.1. The van der Waals surface area contributed by atoms with E-state index in [4.69, 9.17) is 4.74 Å². The summed E-state index contributed by atoms with van der Waals surface area (Å²) in [5.41, 5.74) is 1.33. The van der Waals surface area contributed by atoms with Crippen molar-refractivity contribution in [1.29, 1.82) is 0 Å². The van der Waals surface area contributed by atoms with Gasteiger partial charge < -0.3 is 15.0 Å². The van der Waals surface area contributed by atoms with Gasteiger partial charge in [0.05, 0.1) is 6.61 Å². The molecule has 1 N–H and O–H groups in total. The molecule has 6 nitrogen and oxygen atoms in total. The van der Waals surface area contributed by atoms with E-state index < -0.39 is 6.04 Å². The molecule has 25 heavy (non-hydrogen) atoms. The highest BCUT2D eigenvalue weighted by Gasteiger charge is 2.33. The minimum atomic E-state index is -0.420. The molecule has 1 aliphatic rings. The Kier molecular flexibility index (Phi) is 5.33. The van der Waals surface area contributed by atoms with Crippen LogP contribution in [0.15, 0.2) is 29.6 Å². The van der Waals surface area contributed by atoms with Crippen molar-refractivity contribution in [2.45, 2.75) is 26.3 Å². The summed E-state index contributed by atoms with van der Waals surface area (Å²) in [5, 5.41) is 5.34. The highest BCUT2D eigenvalue weighted by Crippen LogP contribution is 2.26. The molecule has 0 spiro atoms. The number of rotatable bonds is 5. The lowest BCUT2D eigenvalue weighted by atomic mass is 10.1. The Balaban J connectivity index is 1.78. The molecule has 1 aliphatic heterocycles. The molecule has 1 aromatic heterocycles. The van der Waals surface area contributed by atoms with Gasteiger partial charge in [0.15, 0.2) is 0 Å². The van der Waals surface area contributed by atoms with E-state index >= 15 is 0 Å². The van der Waals surface area contributed by atoms with Crippen molar-refractivity contribution in [1.82, 2.24) is 15.2 Å². The number of carbonyl (C=O) groups is 2. The number of ether oxygens (including phenoxy) is 1. The summed E-state index contributed by atoms with van der Waals surface area (Å²) in [4.78, 5) is 30.8. The standard InChI is InChI=1S/C18H21N3O3S/c1-3-15-16(22)19-9-10-21(15)18(23)14-11-25-17(20-14)12-5-7-13(8-6-12)24-4-2/h5-8,11,15H,3-4,9-10H2,1-2H3,(H,19,22). The van der Waals surface area contributed by atoms with Gasteiger partial charge in [-0.3, -0.25) is 9.59 Å². The predicted octanol–water partition coefficient (Wildman–Crippen LogP) is 2.56. The molecule has 0 bridgehead atoms. The molecule has 1 atom stereocenters. The summed E-state index contributed by atoms with van der Waals surface area (Å²) in [5.74, 6) is 0.531. The van der Waals surface area contributed by atoms with Crippen molar-refractivity contribution in [3.05, 3.63) is 35.3 Å². The number of hydrogen-bond acceptors (Lipinski definition) is 5. The minimum absolute atomic E-state index is 0.0935. The number of nitrogens with one attached hydrogen (secondary N) is 1. The molecule has 1 unspecified atom stereocenters. The Morgan fingerprint density at radius 1 is 1.36 bits per heavy atom. The van der Waals surface area contributed by atoms with Crippen LogP contribution >= 0.6 is 11.3 Å². The van der Waals surface area contributed by atoms with Crippen molar-refractivity contribution in [3.63, 3.8) is 0 Å². The van der Waals surface area contributed by atoms with Gasteiger partial charge >= 0.3 is 0 Å². The van der Waals surface area contributed by atoms with E-state index in [0.717, 1.165) is 16.3 Å². The molecule has 1 aromatic carbocycles. The molecule has 0 saturated carbocycles. The van der Waals surface area contributed by atoms with Crippen LogP contribution in [0.25, 0.3) is 10.6 Å². The monoisotopic (exact) mass is 359 g/mol. The summed E-state index contributed by atoms with van der Waals surface area (Å²) in [7, 11) is 0. The van der Waals surface area contributed by atoms with Gasteiger partial charge in [-0.15, -0.1) is 11.3 Å². The van der Waals surface area contributed by atoms with Crippen molar-refractivity contribution in [2.75, 3.05) is 19.7 Å². The molecule has 1 fully saturated rings. The Morgan fingerprint density at radius 2 is 2.12 bits per heavy atom. The van der Waals surface area contributed by atoms with Gasteiger partial charge in [-0.25, -0.2) is 4.98 Å². The Labute approximate surface area is 150 Å². The molecule has 0 radical (unpaired) electrons. The zero-order chi connectivity index (χ0) is 17.8. The van der Waals surface area contributed by atoms with E-state index in [1.807, 2.05) is 38.1 Å². The summed E-state index contributed by atoms with van der Waals surface area (Å²) in [6, 6.07) is 7.23. The molecule has 2 heterocycles. The summed E-state index contributed by atoms with van der Waals surface area (Å²) >= 11 is 1.42. The first-order valence-electron chi connectivity index (χ1n) is 8.41. The second-order valence-electron chi connectivity index (χ2n) is 5.71. The summed E-state index contributed by atoms with van der Waals surface area (Å²) in [6.07, 6.45) is 0.591. The van der Waals surface area contributed by atoms with Gasteiger partial charge in [0.1, 0.15) is 22.5 Å². The van der Waals surface area contributed by atoms with Gasteiger partial charge in [0, 0.05) is 24.0 Å². The van der Waals surface area contributed by atoms with Crippen LogP contribution in [-0.2, 0) is 4.79 Å². The first kappa shape index (κ1) is 17.4. The van der Waals surface area contributed by atoms with Crippen LogP contribution in [-0.4, -0.2) is 47.4 Å². The Hall–Kier alpha value is -2.41. The quantitative estimate of drug-likeness (QED) is 0.891. The van der Waals surface area contributed by atoms with E-state index in [-0.39, 0.29) is 11.8 Å². The SMILES string of the molecule is CCOc1ccc(-c2nc(C(=O)N3CCNC(=O)C3CC)cs2)cc1. The van der Waals surface area contributed by atoms with Gasteiger partial charge in [-0.1, -0.05) is 6.92 Å². The Morgan fingerprint density at radius 3 is 2.80 bits per heavy atom. The fourth-order valence-electron chi connectivity index (χ4n) is 2.88. The van der Waals surface area contributed by atoms with Crippen molar-refractivity contribution in [2.24, 2.45) is 0 Å². The second kappa shape index (κ2) is 7.65. The molecular weight excluding hydrogens is 338 g/mol. The third kappa shape index (κ3) is 3.66. The van der Waals surface area contributed by atoms with Gasteiger partial charge in [-0.05, 0) is 37.6 Å². The lowest BCUT2D eigenvalue weighted by molar-refractivity contribution is -0.127. The lowest BCUT2D eigenvalue weighted by Crippen LogP contribution is -2.56. The molecule has 2 aromatic rings. The predicted molar refractivity (Wildman–Crippen MR) is 96.8 cm³/mol. The van der Waals surface area contributed by atoms with E-state index in [0.29, 0.717) is 31.8 Å². The molecule has 7 heteroatoms. The molecule has 2 amide bonds. The minimum Gasteiger partial charge on any atom is -0.494 e. The van der Waals surface area contributed by atoms with Crippen LogP contribution in [0.2, 0.25) is 0 Å². The highest BCUT2D eigenvalue weighted by atomic mass is 32.1. The number of amides is 2. The molecule has 132 valence electrons. The zero-order valence-electron chi connectivity index (χ0n) is 14.3. The van der Waals surface area contributed by atoms with Crippen LogP contribution in [0, 0.1) is 0 Å². The zero-order valence-corrected chi connectivity index (χ0v) is 15.1. The fraction of sp³-hybridized carbons (Fsp3) is 0.389. The first-order valence-corrected chi connectivity index (χ1v) is 9.29. The molecule has 3 rings (SSSR count). The normalized spacial score (nSPS) is 17.3. The van der Waals surface area contributed by atoms with Crippen LogP contribution in [0.1, 0.15) is 30.8 Å². The number of benzene rings is 1. The van der Waals surface area contributed by atoms with E-state index in [1.54, 1.807) is 10.3 Å². The number of piperazine rings is 1. The second-order valence-corrected chi connectivity index (χ2v) is 6.57. The van der Waals surface area contributed by atoms with Crippen molar-refractivity contribution < 1.29 is 14.3 Å². The van der Waals surface area contributed by atoms with Gasteiger partial charge in [-0.2, -0.15) is 0 Å². The number of hydrogen-bond donors (Lipinski definition) is 1. The highest BCUT2D eigenvalue weighted by molar-refractivity contribution is 7.13. The van der Waals surface area contributed by atoms with E-state index in [2.05, 4.69) is 10.3 Å². The van der Waals surface area contributed by atoms with Crippen molar-refractivity contribution >= 4 is 23.2 Å². The van der Waals surface area contributed by atoms with Gasteiger partial charge in [0.25, 0.3) is 5.91 Å². The van der Waals surface area contributed by atoms with Crippen LogP contribution in [0.4, 0.5) is 0 Å². The average Bonchev–Trinajstić information content (AvgIpc) is 3.12. The number of thiazole rings is 1. The average molecular weight is 359 g/mol. The fourth-order valence-corrected chi connectivity index (χ4v) is 3.68. The van der Waals surface area contributed by atoms with Crippen LogP contribution in [0.3, 0.4) is 0 Å². The topological polar surface area (TPSA) is 71.5 Å². The number of carbonyl (C=O) groups excluding carboxylic acids is 2. The van der Waals surface area contributed by atoms with E-state index in [1.165, 1.54) is 11.3 Å². The summed E-state index contributed by atoms with van der Waals surface area (Å²) in [6.45, 7) is 5.46. The molecule has 1 saturated heterocycles. The smallest absolute Gasteiger partial charge is 0.274 e. The Bertz CT molecular complexity index is 757. The maximum absolute atomic E-state index is 12.8. The van der Waals surface area contributed by atoms with Crippen molar-refractivity contribution in [3.8, 4) is 16.3 Å².